The molecular formula is C13H18ClFN2O3S. The van der Waals surface area contributed by atoms with Gasteiger partial charge >= 0.3 is 0 Å². The summed E-state index contributed by atoms with van der Waals surface area (Å²) in [7, 11) is -3.16. The number of halogens is 2. The topological polar surface area (TPSA) is 89.3 Å². The molecule has 0 spiro atoms. The van der Waals surface area contributed by atoms with E-state index >= 15 is 0 Å². The molecule has 0 fully saturated rings. The quantitative estimate of drug-likeness (QED) is 0.822. The van der Waals surface area contributed by atoms with Gasteiger partial charge in [-0.1, -0.05) is 17.7 Å². The molecule has 0 heterocycles. The van der Waals surface area contributed by atoms with Crippen LogP contribution in [0.15, 0.2) is 18.2 Å². The molecule has 0 aromatic heterocycles. The summed E-state index contributed by atoms with van der Waals surface area (Å²) < 4.78 is 35.1. The summed E-state index contributed by atoms with van der Waals surface area (Å²) in [5, 5.41) is 2.61. The first-order chi connectivity index (χ1) is 9.60. The van der Waals surface area contributed by atoms with Gasteiger partial charge in [0.25, 0.3) is 0 Å². The molecule has 2 atom stereocenters. The summed E-state index contributed by atoms with van der Waals surface area (Å²) >= 11 is 5.68. The lowest BCUT2D eigenvalue weighted by Gasteiger charge is -2.18. The molecule has 0 aliphatic rings. The lowest BCUT2D eigenvalue weighted by molar-refractivity contribution is -0.123. The average molecular weight is 337 g/mol. The fraction of sp³-hybridized carbons (Fsp3) is 0.462. The van der Waals surface area contributed by atoms with Gasteiger partial charge in [0.1, 0.15) is 15.7 Å². The van der Waals surface area contributed by atoms with Crippen molar-refractivity contribution < 1.29 is 17.6 Å². The molecule has 1 rings (SSSR count). The molecule has 8 heteroatoms. The highest BCUT2D eigenvalue weighted by Crippen LogP contribution is 2.20. The van der Waals surface area contributed by atoms with Crippen LogP contribution in [-0.4, -0.2) is 32.4 Å². The Morgan fingerprint density at radius 3 is 2.62 bits per heavy atom. The number of rotatable bonds is 6. The maximum Gasteiger partial charge on any atom is 0.237 e. The minimum absolute atomic E-state index is 0.0324. The monoisotopic (exact) mass is 336 g/mol. The highest BCUT2D eigenvalue weighted by Gasteiger charge is 2.18. The van der Waals surface area contributed by atoms with Crippen molar-refractivity contribution in [3.8, 4) is 0 Å². The third-order valence-electron chi connectivity index (χ3n) is 2.94. The molecule has 0 aliphatic carbocycles. The van der Waals surface area contributed by atoms with E-state index in [4.69, 9.17) is 17.3 Å². The fourth-order valence-corrected chi connectivity index (χ4v) is 2.53. The summed E-state index contributed by atoms with van der Waals surface area (Å²) in [4.78, 5) is 11.9. The molecule has 21 heavy (non-hydrogen) atoms. The molecule has 2 unspecified atom stereocenters. The van der Waals surface area contributed by atoms with E-state index in [2.05, 4.69) is 5.32 Å². The van der Waals surface area contributed by atoms with Crippen LogP contribution in [0, 0.1) is 5.82 Å². The smallest absolute Gasteiger partial charge is 0.237 e. The Morgan fingerprint density at radius 2 is 2.10 bits per heavy atom. The summed E-state index contributed by atoms with van der Waals surface area (Å²) in [5.41, 5.74) is 6.27. The second kappa shape index (κ2) is 7.20. The van der Waals surface area contributed by atoms with E-state index in [9.17, 15) is 17.6 Å². The number of hydrogen-bond acceptors (Lipinski definition) is 4. The summed E-state index contributed by atoms with van der Waals surface area (Å²) in [6.07, 6.45) is 1.13. The van der Waals surface area contributed by atoms with Crippen LogP contribution < -0.4 is 11.1 Å². The highest BCUT2D eigenvalue weighted by atomic mass is 35.5. The van der Waals surface area contributed by atoms with Crippen molar-refractivity contribution in [2.24, 2.45) is 5.73 Å². The Balaban J connectivity index is 2.62. The number of carbonyl (C=O) groups excluding carboxylic acids is 1. The number of hydrogen-bond donors (Lipinski definition) is 2. The molecule has 1 amide bonds. The van der Waals surface area contributed by atoms with Crippen LogP contribution in [0.1, 0.15) is 24.9 Å². The zero-order valence-corrected chi connectivity index (χ0v) is 13.3. The number of sulfone groups is 1. The van der Waals surface area contributed by atoms with Crippen LogP contribution >= 0.6 is 11.6 Å². The van der Waals surface area contributed by atoms with Crippen LogP contribution in [-0.2, 0) is 14.6 Å². The van der Waals surface area contributed by atoms with Crippen LogP contribution in [0.5, 0.6) is 0 Å². The molecule has 0 radical (unpaired) electrons. The van der Waals surface area contributed by atoms with E-state index in [-0.39, 0.29) is 17.2 Å². The summed E-state index contributed by atoms with van der Waals surface area (Å²) in [6.45, 7) is 1.70. The molecule has 0 saturated carbocycles. The highest BCUT2D eigenvalue weighted by molar-refractivity contribution is 7.90. The Kier molecular flexibility index (Phi) is 6.12. The second-order valence-corrected chi connectivity index (χ2v) is 7.60. The standard InChI is InChI=1S/C13H18ClFN2O3S/c1-8(9-3-4-11(15)10(14)7-9)17-13(18)12(16)5-6-21(2,19)20/h3-4,7-8,12H,5-6,16H2,1-2H3,(H,17,18). The van der Waals surface area contributed by atoms with Gasteiger partial charge in [0.2, 0.25) is 5.91 Å². The number of benzene rings is 1. The van der Waals surface area contributed by atoms with Crippen molar-refractivity contribution in [3.63, 3.8) is 0 Å². The number of carbonyl (C=O) groups is 1. The number of nitrogens with one attached hydrogen (secondary N) is 1. The average Bonchev–Trinajstić information content (AvgIpc) is 2.38. The molecule has 5 nitrogen and oxygen atoms in total. The first-order valence-electron chi connectivity index (χ1n) is 6.29. The lowest BCUT2D eigenvalue weighted by Crippen LogP contribution is -2.42. The molecular weight excluding hydrogens is 319 g/mol. The van der Waals surface area contributed by atoms with Gasteiger partial charge in [-0.3, -0.25) is 4.79 Å². The van der Waals surface area contributed by atoms with Crippen molar-refractivity contribution >= 4 is 27.3 Å². The molecule has 0 aliphatic heterocycles. The minimum Gasteiger partial charge on any atom is -0.348 e. The lowest BCUT2D eigenvalue weighted by atomic mass is 10.1. The molecule has 118 valence electrons. The van der Waals surface area contributed by atoms with Gasteiger partial charge in [-0.05, 0) is 31.0 Å². The van der Waals surface area contributed by atoms with Crippen molar-refractivity contribution in [2.45, 2.75) is 25.4 Å². The van der Waals surface area contributed by atoms with Gasteiger partial charge in [0.05, 0.1) is 22.9 Å². The van der Waals surface area contributed by atoms with Crippen molar-refractivity contribution in [1.29, 1.82) is 0 Å². The molecule has 0 saturated heterocycles. The maximum absolute atomic E-state index is 13.1. The van der Waals surface area contributed by atoms with Crippen LogP contribution in [0.3, 0.4) is 0 Å². The van der Waals surface area contributed by atoms with E-state index < -0.39 is 33.6 Å². The third-order valence-corrected chi connectivity index (χ3v) is 4.21. The molecule has 3 N–H and O–H groups in total. The Labute approximate surface area is 128 Å². The van der Waals surface area contributed by atoms with Gasteiger partial charge < -0.3 is 11.1 Å². The number of nitrogens with two attached hydrogens (primary N) is 1. The van der Waals surface area contributed by atoms with Gasteiger partial charge in [-0.25, -0.2) is 12.8 Å². The van der Waals surface area contributed by atoms with E-state index in [0.29, 0.717) is 5.56 Å². The Morgan fingerprint density at radius 1 is 1.48 bits per heavy atom. The van der Waals surface area contributed by atoms with Gasteiger partial charge in [0.15, 0.2) is 0 Å². The largest absolute Gasteiger partial charge is 0.348 e. The zero-order valence-electron chi connectivity index (χ0n) is 11.8. The maximum atomic E-state index is 13.1. The van der Waals surface area contributed by atoms with E-state index in [1.165, 1.54) is 18.2 Å². The van der Waals surface area contributed by atoms with E-state index in [0.717, 1.165) is 6.26 Å². The zero-order chi connectivity index (χ0) is 16.2. The van der Waals surface area contributed by atoms with Crippen molar-refractivity contribution in [1.82, 2.24) is 5.32 Å². The van der Waals surface area contributed by atoms with Crippen LogP contribution in [0.4, 0.5) is 4.39 Å². The van der Waals surface area contributed by atoms with Gasteiger partial charge in [-0.15, -0.1) is 0 Å². The fourth-order valence-electron chi connectivity index (χ4n) is 1.66. The SMILES string of the molecule is CC(NC(=O)C(N)CCS(C)(=O)=O)c1ccc(F)c(Cl)c1. The van der Waals surface area contributed by atoms with Crippen LogP contribution in [0.25, 0.3) is 0 Å². The second-order valence-electron chi connectivity index (χ2n) is 4.93. The predicted molar refractivity (Wildman–Crippen MR) is 80.3 cm³/mol. The Hall–Kier alpha value is -1.18. The first kappa shape index (κ1) is 17.9. The Bertz CT molecular complexity index is 622. The summed E-state index contributed by atoms with van der Waals surface area (Å²) in [5.74, 6) is -1.16. The summed E-state index contributed by atoms with van der Waals surface area (Å²) in [6, 6.07) is 2.81. The van der Waals surface area contributed by atoms with Gasteiger partial charge in [-0.2, -0.15) is 0 Å². The molecule has 1 aromatic carbocycles. The predicted octanol–water partition coefficient (Wildman–Crippen LogP) is 1.42. The van der Waals surface area contributed by atoms with E-state index in [1.807, 2.05) is 0 Å². The van der Waals surface area contributed by atoms with E-state index in [1.54, 1.807) is 6.92 Å². The van der Waals surface area contributed by atoms with Gasteiger partial charge in [0, 0.05) is 6.26 Å². The van der Waals surface area contributed by atoms with Crippen molar-refractivity contribution in [2.75, 3.05) is 12.0 Å². The molecule has 0 bridgehead atoms. The van der Waals surface area contributed by atoms with Crippen LogP contribution in [0.2, 0.25) is 5.02 Å². The third kappa shape index (κ3) is 5.99. The normalized spacial score (nSPS) is 14.5. The minimum atomic E-state index is -3.16. The molecule has 1 aromatic rings. The first-order valence-corrected chi connectivity index (χ1v) is 8.72. The van der Waals surface area contributed by atoms with Crippen molar-refractivity contribution in [3.05, 3.63) is 34.6 Å². The number of amides is 1.